The van der Waals surface area contributed by atoms with Gasteiger partial charge in [-0.05, 0) is 48.4 Å². The van der Waals surface area contributed by atoms with Gasteiger partial charge >= 0.3 is 0 Å². The minimum atomic E-state index is -0.0285. The summed E-state index contributed by atoms with van der Waals surface area (Å²) in [4.78, 5) is 21.7. The van der Waals surface area contributed by atoms with Gasteiger partial charge in [0.05, 0.1) is 11.6 Å². The van der Waals surface area contributed by atoms with Crippen molar-refractivity contribution in [3.05, 3.63) is 80.8 Å². The zero-order chi connectivity index (χ0) is 22.3. The predicted molar refractivity (Wildman–Crippen MR) is 125 cm³/mol. The SMILES string of the molecule is N#Cc1ccc(CN2CCCN(C(=O)c3csc(COc4ccc(Cl)cc4)n3)CC2)cc1. The summed E-state index contributed by atoms with van der Waals surface area (Å²) in [6.07, 6.45) is 0.915. The molecule has 0 bridgehead atoms. The van der Waals surface area contributed by atoms with Crippen molar-refractivity contribution in [3.8, 4) is 11.8 Å². The highest BCUT2D eigenvalue weighted by atomic mass is 35.5. The fourth-order valence-electron chi connectivity index (χ4n) is 3.59. The molecule has 6 nitrogen and oxygen atoms in total. The lowest BCUT2D eigenvalue weighted by atomic mass is 10.1. The second-order valence-electron chi connectivity index (χ2n) is 7.60. The Morgan fingerprint density at radius 3 is 2.62 bits per heavy atom. The van der Waals surface area contributed by atoms with E-state index in [0.717, 1.165) is 37.6 Å². The number of thiazole rings is 1. The van der Waals surface area contributed by atoms with Gasteiger partial charge in [-0.2, -0.15) is 5.26 Å². The number of nitrogens with zero attached hydrogens (tertiary/aromatic N) is 4. The molecule has 1 saturated heterocycles. The van der Waals surface area contributed by atoms with E-state index in [9.17, 15) is 4.79 Å². The molecule has 8 heteroatoms. The molecule has 0 saturated carbocycles. The molecule has 0 spiro atoms. The largest absolute Gasteiger partial charge is 0.486 e. The molecule has 1 aromatic heterocycles. The number of rotatable bonds is 6. The van der Waals surface area contributed by atoms with Crippen molar-refractivity contribution in [1.82, 2.24) is 14.8 Å². The topological polar surface area (TPSA) is 69.5 Å². The van der Waals surface area contributed by atoms with Gasteiger partial charge in [0.2, 0.25) is 0 Å². The quantitative estimate of drug-likeness (QED) is 0.531. The van der Waals surface area contributed by atoms with E-state index in [1.807, 2.05) is 46.7 Å². The molecule has 32 heavy (non-hydrogen) atoms. The minimum absolute atomic E-state index is 0.0285. The summed E-state index contributed by atoms with van der Waals surface area (Å²) in [7, 11) is 0. The molecule has 1 fully saturated rings. The van der Waals surface area contributed by atoms with Crippen molar-refractivity contribution < 1.29 is 9.53 Å². The standard InChI is InChI=1S/C24H23ClN4O2S/c25-20-6-8-21(9-7-20)31-16-23-27-22(17-32-23)24(30)29-11-1-10-28(12-13-29)15-19-4-2-18(14-26)3-5-19/h2-9,17H,1,10-13,15-16H2. The fraction of sp³-hybridized carbons (Fsp3) is 0.292. The van der Waals surface area contributed by atoms with E-state index in [2.05, 4.69) is 16.0 Å². The summed E-state index contributed by atoms with van der Waals surface area (Å²) in [5, 5.41) is 12.2. The van der Waals surface area contributed by atoms with Gasteiger partial charge in [0, 0.05) is 43.1 Å². The maximum atomic E-state index is 13.0. The fourth-order valence-corrected chi connectivity index (χ4v) is 4.39. The molecular formula is C24H23ClN4O2S. The van der Waals surface area contributed by atoms with Gasteiger partial charge in [-0.3, -0.25) is 9.69 Å². The maximum Gasteiger partial charge on any atom is 0.273 e. The van der Waals surface area contributed by atoms with E-state index in [-0.39, 0.29) is 5.91 Å². The Hall–Kier alpha value is -2.92. The highest BCUT2D eigenvalue weighted by Crippen LogP contribution is 2.19. The highest BCUT2D eigenvalue weighted by Gasteiger charge is 2.22. The van der Waals surface area contributed by atoms with Crippen LogP contribution in [0, 0.1) is 11.3 Å². The normalized spacial score (nSPS) is 14.6. The van der Waals surface area contributed by atoms with Crippen molar-refractivity contribution in [2.75, 3.05) is 26.2 Å². The lowest BCUT2D eigenvalue weighted by molar-refractivity contribution is 0.0755. The molecular weight excluding hydrogens is 444 g/mol. The third-order valence-electron chi connectivity index (χ3n) is 5.31. The van der Waals surface area contributed by atoms with Crippen molar-refractivity contribution in [2.45, 2.75) is 19.6 Å². The number of halogens is 1. The van der Waals surface area contributed by atoms with Crippen LogP contribution in [0.4, 0.5) is 0 Å². The van der Waals surface area contributed by atoms with Crippen LogP contribution in [0.1, 0.15) is 33.0 Å². The minimum Gasteiger partial charge on any atom is -0.486 e. The molecule has 0 N–H and O–H groups in total. The second kappa shape index (κ2) is 10.6. The number of hydrogen-bond acceptors (Lipinski definition) is 6. The molecule has 0 aliphatic carbocycles. The van der Waals surface area contributed by atoms with Gasteiger partial charge < -0.3 is 9.64 Å². The number of amides is 1. The Morgan fingerprint density at radius 2 is 1.88 bits per heavy atom. The number of nitriles is 1. The summed E-state index contributed by atoms with van der Waals surface area (Å²) < 4.78 is 5.73. The summed E-state index contributed by atoms with van der Waals surface area (Å²) in [6.45, 7) is 4.26. The molecule has 1 amide bonds. The van der Waals surface area contributed by atoms with Gasteiger partial charge in [-0.15, -0.1) is 11.3 Å². The first-order valence-electron chi connectivity index (χ1n) is 10.4. The van der Waals surface area contributed by atoms with Gasteiger partial charge in [-0.1, -0.05) is 23.7 Å². The highest BCUT2D eigenvalue weighted by molar-refractivity contribution is 7.09. The number of ether oxygens (including phenoxy) is 1. The molecule has 2 heterocycles. The number of aromatic nitrogens is 1. The van der Waals surface area contributed by atoms with E-state index in [0.29, 0.717) is 35.2 Å². The molecule has 0 radical (unpaired) electrons. The lowest BCUT2D eigenvalue weighted by Gasteiger charge is -2.21. The smallest absolute Gasteiger partial charge is 0.273 e. The van der Waals surface area contributed by atoms with Gasteiger partial charge in [0.15, 0.2) is 0 Å². The molecule has 0 atom stereocenters. The van der Waals surface area contributed by atoms with Gasteiger partial charge in [0.25, 0.3) is 5.91 Å². The number of hydrogen-bond donors (Lipinski definition) is 0. The van der Waals surface area contributed by atoms with Crippen LogP contribution in [0.15, 0.2) is 53.9 Å². The Kier molecular flexibility index (Phi) is 7.38. The first kappa shape index (κ1) is 22.3. The Bertz CT molecular complexity index is 1090. The zero-order valence-electron chi connectivity index (χ0n) is 17.5. The van der Waals surface area contributed by atoms with Crippen LogP contribution in [-0.2, 0) is 13.2 Å². The van der Waals surface area contributed by atoms with E-state index in [1.165, 1.54) is 16.9 Å². The van der Waals surface area contributed by atoms with Crippen molar-refractivity contribution in [2.24, 2.45) is 0 Å². The van der Waals surface area contributed by atoms with Crippen molar-refractivity contribution >= 4 is 28.8 Å². The first-order chi connectivity index (χ1) is 15.6. The van der Waals surface area contributed by atoms with E-state index >= 15 is 0 Å². The molecule has 3 aromatic rings. The van der Waals surface area contributed by atoms with Crippen LogP contribution in [-0.4, -0.2) is 46.9 Å². The van der Waals surface area contributed by atoms with Gasteiger partial charge in [0.1, 0.15) is 23.1 Å². The third-order valence-corrected chi connectivity index (χ3v) is 6.39. The first-order valence-corrected chi connectivity index (χ1v) is 11.7. The molecule has 1 aliphatic heterocycles. The molecule has 2 aromatic carbocycles. The van der Waals surface area contributed by atoms with E-state index < -0.39 is 0 Å². The van der Waals surface area contributed by atoms with Crippen molar-refractivity contribution in [1.29, 1.82) is 5.26 Å². The second-order valence-corrected chi connectivity index (χ2v) is 8.98. The zero-order valence-corrected chi connectivity index (χ0v) is 19.1. The van der Waals surface area contributed by atoms with Crippen LogP contribution < -0.4 is 4.74 Å². The predicted octanol–water partition coefficient (Wildman–Crippen LogP) is 4.60. The Labute approximate surface area is 196 Å². The molecule has 164 valence electrons. The summed E-state index contributed by atoms with van der Waals surface area (Å²) >= 11 is 7.32. The summed E-state index contributed by atoms with van der Waals surface area (Å²) in [5.41, 5.74) is 2.32. The number of carbonyl (C=O) groups is 1. The van der Waals surface area contributed by atoms with Crippen LogP contribution in [0.2, 0.25) is 5.02 Å². The van der Waals surface area contributed by atoms with E-state index in [1.54, 1.807) is 12.1 Å². The number of carbonyl (C=O) groups excluding carboxylic acids is 1. The Balaban J connectivity index is 1.29. The van der Waals surface area contributed by atoms with Gasteiger partial charge in [-0.25, -0.2) is 4.98 Å². The van der Waals surface area contributed by atoms with Crippen LogP contribution in [0.25, 0.3) is 0 Å². The maximum absolute atomic E-state index is 13.0. The number of benzene rings is 2. The van der Waals surface area contributed by atoms with Crippen molar-refractivity contribution in [3.63, 3.8) is 0 Å². The molecule has 0 unspecified atom stereocenters. The average molecular weight is 467 g/mol. The van der Waals surface area contributed by atoms with Crippen LogP contribution >= 0.6 is 22.9 Å². The molecule has 4 rings (SSSR count). The van der Waals surface area contributed by atoms with Crippen LogP contribution in [0.3, 0.4) is 0 Å². The van der Waals surface area contributed by atoms with Crippen LogP contribution in [0.5, 0.6) is 5.75 Å². The Morgan fingerprint density at radius 1 is 1.09 bits per heavy atom. The van der Waals surface area contributed by atoms with E-state index in [4.69, 9.17) is 21.6 Å². The average Bonchev–Trinajstić information content (AvgIpc) is 3.17. The molecule has 1 aliphatic rings. The summed E-state index contributed by atoms with van der Waals surface area (Å²) in [5.74, 6) is 0.687. The summed E-state index contributed by atoms with van der Waals surface area (Å²) in [6, 6.07) is 17.0. The monoisotopic (exact) mass is 466 g/mol. The third kappa shape index (κ3) is 5.86. The lowest BCUT2D eigenvalue weighted by Crippen LogP contribution is -2.35.